The summed E-state index contributed by atoms with van der Waals surface area (Å²) in [7, 11) is 0. The topological polar surface area (TPSA) is 58.2 Å². The second-order valence-corrected chi connectivity index (χ2v) is 7.48. The lowest BCUT2D eigenvalue weighted by atomic mass is 9.86. The van der Waals surface area contributed by atoms with E-state index in [0.29, 0.717) is 5.92 Å². The number of thioether (sulfide) groups is 1. The van der Waals surface area contributed by atoms with E-state index < -0.39 is 0 Å². The van der Waals surface area contributed by atoms with Crippen LogP contribution in [0.5, 0.6) is 0 Å². The zero-order valence-electron chi connectivity index (χ0n) is 12.8. The number of nitrogens with one attached hydrogen (secondary N) is 2. The number of para-hydroxylation sites is 1. The predicted molar refractivity (Wildman–Crippen MR) is 88.9 cm³/mol. The molecule has 118 valence electrons. The first-order valence-corrected chi connectivity index (χ1v) is 8.87. The van der Waals surface area contributed by atoms with E-state index >= 15 is 0 Å². The highest BCUT2D eigenvalue weighted by Gasteiger charge is 2.30. The van der Waals surface area contributed by atoms with Gasteiger partial charge in [-0.3, -0.25) is 9.59 Å². The van der Waals surface area contributed by atoms with Gasteiger partial charge in [0.05, 0.1) is 10.9 Å². The van der Waals surface area contributed by atoms with Crippen molar-refractivity contribution in [3.05, 3.63) is 24.3 Å². The number of carbonyl (C=O) groups is 2. The van der Waals surface area contributed by atoms with Gasteiger partial charge in [-0.15, -0.1) is 11.8 Å². The van der Waals surface area contributed by atoms with Gasteiger partial charge in [-0.2, -0.15) is 0 Å². The lowest BCUT2D eigenvalue weighted by Gasteiger charge is -2.30. The Hall–Kier alpha value is -1.49. The van der Waals surface area contributed by atoms with Crippen molar-refractivity contribution < 1.29 is 9.59 Å². The molecule has 1 aliphatic carbocycles. The van der Waals surface area contributed by atoms with Crippen LogP contribution in [0, 0.1) is 5.92 Å². The van der Waals surface area contributed by atoms with Gasteiger partial charge in [-0.25, -0.2) is 0 Å². The van der Waals surface area contributed by atoms with Crippen molar-refractivity contribution in [2.45, 2.75) is 55.2 Å². The molecule has 22 heavy (non-hydrogen) atoms. The summed E-state index contributed by atoms with van der Waals surface area (Å²) >= 11 is 1.48. The molecule has 3 rings (SSSR count). The van der Waals surface area contributed by atoms with Crippen molar-refractivity contribution >= 4 is 29.3 Å². The third-order valence-electron chi connectivity index (χ3n) is 4.54. The fourth-order valence-corrected chi connectivity index (χ4v) is 4.30. The first kappa shape index (κ1) is 15.4. The maximum absolute atomic E-state index is 12.3. The average molecular weight is 318 g/mol. The lowest BCUT2D eigenvalue weighted by Crippen LogP contribution is -2.43. The molecule has 1 fully saturated rings. The van der Waals surface area contributed by atoms with E-state index in [9.17, 15) is 9.59 Å². The SMILES string of the molecule is C[C@@H]1CCCC[C@H]1NC(=O)C[C@H]1Sc2ccccc2NC1=O. The summed E-state index contributed by atoms with van der Waals surface area (Å²) in [4.78, 5) is 25.4. The molecule has 0 saturated heterocycles. The number of amides is 2. The minimum absolute atomic E-state index is 0.00854. The molecule has 1 saturated carbocycles. The van der Waals surface area contributed by atoms with E-state index in [1.54, 1.807) is 0 Å². The molecule has 4 nitrogen and oxygen atoms in total. The van der Waals surface area contributed by atoms with Crippen LogP contribution in [0.25, 0.3) is 0 Å². The first-order valence-electron chi connectivity index (χ1n) is 7.99. The molecule has 2 amide bonds. The molecule has 1 aliphatic heterocycles. The molecule has 0 radical (unpaired) electrons. The minimum Gasteiger partial charge on any atom is -0.353 e. The van der Waals surface area contributed by atoms with Crippen LogP contribution in [0.2, 0.25) is 0 Å². The normalized spacial score (nSPS) is 27.7. The summed E-state index contributed by atoms with van der Waals surface area (Å²) in [5.41, 5.74) is 0.843. The van der Waals surface area contributed by atoms with Crippen molar-refractivity contribution in [2.75, 3.05) is 5.32 Å². The molecular weight excluding hydrogens is 296 g/mol. The number of fused-ring (bicyclic) bond motifs is 1. The zero-order chi connectivity index (χ0) is 15.5. The Morgan fingerprint density at radius 3 is 2.91 bits per heavy atom. The van der Waals surface area contributed by atoms with Gasteiger partial charge in [0.15, 0.2) is 0 Å². The van der Waals surface area contributed by atoms with Crippen LogP contribution in [0.4, 0.5) is 5.69 Å². The minimum atomic E-state index is -0.339. The summed E-state index contributed by atoms with van der Waals surface area (Å²) in [6, 6.07) is 7.99. The molecule has 1 aromatic carbocycles. The molecule has 5 heteroatoms. The van der Waals surface area contributed by atoms with Crippen LogP contribution in [0.1, 0.15) is 39.0 Å². The van der Waals surface area contributed by atoms with Crippen molar-refractivity contribution in [1.82, 2.24) is 5.32 Å². The fourth-order valence-electron chi connectivity index (χ4n) is 3.19. The van der Waals surface area contributed by atoms with Gasteiger partial charge in [0.2, 0.25) is 11.8 Å². The van der Waals surface area contributed by atoms with Gasteiger partial charge in [0, 0.05) is 17.4 Å². The highest BCUT2D eigenvalue weighted by Crippen LogP contribution is 2.36. The van der Waals surface area contributed by atoms with E-state index in [1.165, 1.54) is 31.0 Å². The second-order valence-electron chi connectivity index (χ2n) is 6.23. The number of rotatable bonds is 3. The number of benzene rings is 1. The molecule has 2 N–H and O–H groups in total. The number of hydrogen-bond acceptors (Lipinski definition) is 3. The third-order valence-corrected chi connectivity index (χ3v) is 5.81. The Balaban J connectivity index is 1.59. The monoisotopic (exact) mass is 318 g/mol. The first-order chi connectivity index (χ1) is 10.6. The van der Waals surface area contributed by atoms with Crippen molar-refractivity contribution in [1.29, 1.82) is 0 Å². The van der Waals surface area contributed by atoms with Crippen molar-refractivity contribution in [3.63, 3.8) is 0 Å². The molecular formula is C17H22N2O2S. The van der Waals surface area contributed by atoms with Crippen LogP contribution in [-0.2, 0) is 9.59 Å². The van der Waals surface area contributed by atoms with E-state index in [2.05, 4.69) is 17.6 Å². The van der Waals surface area contributed by atoms with Gasteiger partial charge < -0.3 is 10.6 Å². The summed E-state index contributed by atoms with van der Waals surface area (Å²) < 4.78 is 0. The highest BCUT2D eigenvalue weighted by molar-refractivity contribution is 8.01. The predicted octanol–water partition coefficient (Wildman–Crippen LogP) is 3.18. The molecule has 0 aromatic heterocycles. The number of anilines is 1. The third kappa shape index (κ3) is 3.46. The van der Waals surface area contributed by atoms with E-state index in [0.717, 1.165) is 17.0 Å². The van der Waals surface area contributed by atoms with Gasteiger partial charge >= 0.3 is 0 Å². The molecule has 0 bridgehead atoms. The van der Waals surface area contributed by atoms with Gasteiger partial charge in [0.1, 0.15) is 0 Å². The van der Waals surface area contributed by atoms with Gasteiger partial charge in [-0.1, -0.05) is 31.9 Å². The quantitative estimate of drug-likeness (QED) is 0.900. The highest BCUT2D eigenvalue weighted by atomic mass is 32.2. The summed E-state index contributed by atoms with van der Waals surface area (Å²) in [5.74, 6) is 0.451. The number of hydrogen-bond donors (Lipinski definition) is 2. The zero-order valence-corrected chi connectivity index (χ0v) is 13.6. The van der Waals surface area contributed by atoms with Gasteiger partial charge in [-0.05, 0) is 30.9 Å². The Kier molecular flexibility index (Phi) is 4.71. The van der Waals surface area contributed by atoms with Gasteiger partial charge in [0.25, 0.3) is 0 Å². The maximum Gasteiger partial charge on any atom is 0.238 e. The van der Waals surface area contributed by atoms with Crippen molar-refractivity contribution in [2.24, 2.45) is 5.92 Å². The fraction of sp³-hybridized carbons (Fsp3) is 0.529. The summed E-state index contributed by atoms with van der Waals surface area (Å²) in [6.07, 6.45) is 4.91. The van der Waals surface area contributed by atoms with Crippen LogP contribution in [0.15, 0.2) is 29.2 Å². The van der Waals surface area contributed by atoms with E-state index in [1.807, 2.05) is 24.3 Å². The largest absolute Gasteiger partial charge is 0.353 e. The average Bonchev–Trinajstić information content (AvgIpc) is 2.50. The molecule has 1 heterocycles. The molecule has 0 unspecified atom stereocenters. The lowest BCUT2D eigenvalue weighted by molar-refractivity contribution is -0.125. The van der Waals surface area contributed by atoms with E-state index in [4.69, 9.17) is 0 Å². The Bertz CT molecular complexity index is 576. The summed E-state index contributed by atoms with van der Waals surface area (Å²) in [5, 5.41) is 5.68. The van der Waals surface area contributed by atoms with Crippen molar-refractivity contribution in [3.8, 4) is 0 Å². The van der Waals surface area contributed by atoms with Crippen LogP contribution < -0.4 is 10.6 Å². The standard InChI is InChI=1S/C17H22N2O2S/c1-11-6-2-3-7-12(11)18-16(20)10-15-17(21)19-13-8-4-5-9-14(13)22-15/h4-5,8-9,11-12,15H,2-3,6-7,10H2,1H3,(H,18,20)(H,19,21)/t11-,12-,15-/m1/s1. The van der Waals surface area contributed by atoms with E-state index in [-0.39, 0.29) is 29.5 Å². The Morgan fingerprint density at radius 2 is 2.09 bits per heavy atom. The molecule has 1 aromatic rings. The maximum atomic E-state index is 12.3. The Labute approximate surface area is 135 Å². The molecule has 2 aliphatic rings. The summed E-state index contributed by atoms with van der Waals surface area (Å²) in [6.45, 7) is 2.20. The van der Waals surface area contributed by atoms with Crippen LogP contribution in [-0.4, -0.2) is 23.1 Å². The second kappa shape index (κ2) is 6.73. The Morgan fingerprint density at radius 1 is 1.32 bits per heavy atom. The smallest absolute Gasteiger partial charge is 0.238 e. The van der Waals surface area contributed by atoms with Crippen LogP contribution in [0.3, 0.4) is 0 Å². The molecule has 3 atom stereocenters. The van der Waals surface area contributed by atoms with Crippen LogP contribution >= 0.6 is 11.8 Å². The molecule has 0 spiro atoms. The number of carbonyl (C=O) groups excluding carboxylic acids is 2.